The van der Waals surface area contributed by atoms with Gasteiger partial charge in [0.15, 0.2) is 0 Å². The van der Waals surface area contributed by atoms with E-state index in [0.717, 1.165) is 32.4 Å². The van der Waals surface area contributed by atoms with Crippen molar-refractivity contribution in [3.63, 3.8) is 0 Å². The Kier molecular flexibility index (Phi) is 5.83. The van der Waals surface area contributed by atoms with Crippen LogP contribution in [-0.4, -0.2) is 38.9 Å². The zero-order chi connectivity index (χ0) is 17.1. The predicted octanol–water partition coefficient (Wildman–Crippen LogP) is 3.52. The van der Waals surface area contributed by atoms with Gasteiger partial charge in [-0.3, -0.25) is 14.5 Å². The Bertz CT molecular complexity index is 703. The molecule has 1 fully saturated rings. The molecule has 0 radical (unpaired) electrons. The number of carbonyl (C=O) groups excluding carboxylic acids is 1. The number of carboxylic acid groups (broad SMARTS) is 1. The normalized spacial score (nSPS) is 16.5. The minimum absolute atomic E-state index is 0.0596. The van der Waals surface area contributed by atoms with E-state index in [-0.39, 0.29) is 16.3 Å². The minimum atomic E-state index is -1.10. The van der Waals surface area contributed by atoms with Crippen molar-refractivity contribution in [2.45, 2.75) is 20.0 Å². The molecule has 0 saturated carbocycles. The Morgan fingerprint density at radius 1 is 1.52 bits per heavy atom. The molecule has 1 heterocycles. The first-order valence-corrected chi connectivity index (χ1v) is 8.73. The molecule has 0 spiro atoms. The topological polar surface area (TPSA) is 66.8 Å². The molecule has 0 atom stereocenters. The second kappa shape index (κ2) is 7.46. The lowest BCUT2D eigenvalue weighted by atomic mass is 10.2. The first-order valence-electron chi connectivity index (χ1n) is 6.71. The molecule has 0 aromatic heterocycles. The number of nitrogens with zero attached hydrogens (tertiary/aromatic N) is 1. The second-order valence-electron chi connectivity index (χ2n) is 5.02. The molecule has 0 bridgehead atoms. The minimum Gasteiger partial charge on any atom is -0.490 e. The number of hydrogen-bond donors (Lipinski definition) is 1. The van der Waals surface area contributed by atoms with Crippen molar-refractivity contribution in [3.8, 4) is 5.75 Å². The molecule has 1 N–H and O–H groups in total. The molecule has 1 amide bonds. The lowest BCUT2D eigenvalue weighted by Gasteiger charge is -2.12. The molecular weight excluding hydrogens is 402 g/mol. The molecule has 0 unspecified atom stereocenters. The summed E-state index contributed by atoms with van der Waals surface area (Å²) in [5, 5.41) is 8.82. The highest BCUT2D eigenvalue weighted by Gasteiger charge is 2.33. The van der Waals surface area contributed by atoms with Crippen molar-refractivity contribution in [2.75, 3.05) is 6.54 Å². The highest BCUT2D eigenvalue weighted by Crippen LogP contribution is 2.34. The Balaban J connectivity index is 2.22. The quantitative estimate of drug-likeness (QED) is 0.585. The monoisotopic (exact) mass is 415 g/mol. The van der Waals surface area contributed by atoms with E-state index in [9.17, 15) is 9.59 Å². The van der Waals surface area contributed by atoms with Crippen LogP contribution in [-0.2, 0) is 9.59 Å². The van der Waals surface area contributed by atoms with E-state index in [4.69, 9.17) is 22.1 Å². The van der Waals surface area contributed by atoms with Gasteiger partial charge in [0.2, 0.25) is 0 Å². The largest absolute Gasteiger partial charge is 0.490 e. The van der Waals surface area contributed by atoms with Crippen molar-refractivity contribution in [1.29, 1.82) is 0 Å². The van der Waals surface area contributed by atoms with Crippen molar-refractivity contribution in [3.05, 3.63) is 33.1 Å². The summed E-state index contributed by atoms with van der Waals surface area (Å²) in [4.78, 5) is 24.5. The maximum atomic E-state index is 12.2. The number of thioether (sulfide) groups is 1. The summed E-state index contributed by atoms with van der Waals surface area (Å²) in [6.07, 6.45) is 1.75. The molecule has 122 valence electrons. The summed E-state index contributed by atoms with van der Waals surface area (Å²) in [5.74, 6) is -0.767. The average Bonchev–Trinajstić information content (AvgIpc) is 2.69. The molecule has 1 saturated heterocycles. The van der Waals surface area contributed by atoms with Gasteiger partial charge in [0.25, 0.3) is 5.91 Å². The summed E-state index contributed by atoms with van der Waals surface area (Å²) in [6, 6.07) is 5.47. The van der Waals surface area contributed by atoms with E-state index in [1.165, 1.54) is 0 Å². The number of amides is 1. The third kappa shape index (κ3) is 4.55. The smallest absolute Gasteiger partial charge is 0.323 e. The van der Waals surface area contributed by atoms with Crippen LogP contribution in [0.15, 0.2) is 27.6 Å². The number of rotatable bonds is 5. The van der Waals surface area contributed by atoms with Gasteiger partial charge in [-0.1, -0.05) is 30.0 Å². The van der Waals surface area contributed by atoms with Gasteiger partial charge >= 0.3 is 5.97 Å². The molecule has 0 aliphatic carbocycles. The van der Waals surface area contributed by atoms with Crippen LogP contribution in [0, 0.1) is 0 Å². The third-order valence-corrected chi connectivity index (χ3v) is 4.78. The van der Waals surface area contributed by atoms with E-state index >= 15 is 0 Å². The van der Waals surface area contributed by atoms with Crippen LogP contribution in [0.2, 0.25) is 0 Å². The van der Waals surface area contributed by atoms with Crippen LogP contribution in [0.5, 0.6) is 5.75 Å². The highest BCUT2D eigenvalue weighted by molar-refractivity contribution is 9.10. The molecular formula is C15H14BrNO4S2. The maximum absolute atomic E-state index is 12.2. The van der Waals surface area contributed by atoms with E-state index in [0.29, 0.717) is 4.91 Å². The van der Waals surface area contributed by atoms with Crippen LogP contribution in [0.3, 0.4) is 0 Å². The summed E-state index contributed by atoms with van der Waals surface area (Å²) in [7, 11) is 0. The highest BCUT2D eigenvalue weighted by atomic mass is 79.9. The van der Waals surface area contributed by atoms with Crippen molar-refractivity contribution >= 4 is 62.2 Å². The molecule has 8 heteroatoms. The number of carbonyl (C=O) groups is 2. The number of hydrogen-bond acceptors (Lipinski definition) is 5. The molecule has 1 aliphatic rings. The standard InChI is InChI=1S/C15H14BrNO4S2/c1-8(2)21-11-4-3-9(5-10(11)16)6-12-14(20)17(7-13(18)19)15(22)23-12/h3-6,8H,7H2,1-2H3,(H,18,19)/b12-6+. The van der Waals surface area contributed by atoms with E-state index < -0.39 is 12.5 Å². The van der Waals surface area contributed by atoms with Gasteiger partial charge in [-0.15, -0.1) is 0 Å². The van der Waals surface area contributed by atoms with Crippen LogP contribution in [0.25, 0.3) is 6.08 Å². The number of carboxylic acids is 1. The summed E-state index contributed by atoms with van der Waals surface area (Å²) in [5.41, 5.74) is 0.795. The lowest BCUT2D eigenvalue weighted by Crippen LogP contribution is -2.33. The number of aliphatic carboxylic acids is 1. The first-order chi connectivity index (χ1) is 10.8. The van der Waals surface area contributed by atoms with Gasteiger partial charge < -0.3 is 9.84 Å². The summed E-state index contributed by atoms with van der Waals surface area (Å²) < 4.78 is 6.67. The van der Waals surface area contributed by atoms with Crippen LogP contribution < -0.4 is 4.74 Å². The number of ether oxygens (including phenoxy) is 1. The average molecular weight is 416 g/mol. The summed E-state index contributed by atoms with van der Waals surface area (Å²) >= 11 is 9.59. The van der Waals surface area contributed by atoms with Crippen molar-refractivity contribution < 1.29 is 19.4 Å². The fraction of sp³-hybridized carbons (Fsp3) is 0.267. The van der Waals surface area contributed by atoms with Gasteiger partial charge in [0.1, 0.15) is 16.6 Å². The molecule has 23 heavy (non-hydrogen) atoms. The SMILES string of the molecule is CC(C)Oc1ccc(/C=C2/SC(=S)N(CC(=O)O)C2=O)cc1Br. The zero-order valence-corrected chi connectivity index (χ0v) is 15.6. The number of thiocarbonyl (C=S) groups is 1. The Morgan fingerprint density at radius 2 is 2.22 bits per heavy atom. The second-order valence-corrected chi connectivity index (χ2v) is 7.55. The maximum Gasteiger partial charge on any atom is 0.323 e. The molecule has 2 rings (SSSR count). The van der Waals surface area contributed by atoms with E-state index in [1.807, 2.05) is 32.0 Å². The third-order valence-electron chi connectivity index (χ3n) is 2.78. The molecule has 1 aliphatic heterocycles. The van der Waals surface area contributed by atoms with Crippen LogP contribution in [0.4, 0.5) is 0 Å². The fourth-order valence-electron chi connectivity index (χ4n) is 1.88. The van der Waals surface area contributed by atoms with Crippen molar-refractivity contribution in [1.82, 2.24) is 4.90 Å². The van der Waals surface area contributed by atoms with Gasteiger partial charge in [0, 0.05) is 0 Å². The van der Waals surface area contributed by atoms with Crippen molar-refractivity contribution in [2.24, 2.45) is 0 Å². The van der Waals surface area contributed by atoms with E-state index in [2.05, 4.69) is 15.9 Å². The van der Waals surface area contributed by atoms with Gasteiger partial charge in [-0.25, -0.2) is 0 Å². The van der Waals surface area contributed by atoms with Gasteiger partial charge in [0.05, 0.1) is 15.5 Å². The Morgan fingerprint density at radius 3 is 2.78 bits per heavy atom. The Hall–Kier alpha value is -1.38. The van der Waals surface area contributed by atoms with Crippen LogP contribution >= 0.6 is 39.9 Å². The van der Waals surface area contributed by atoms with E-state index in [1.54, 1.807) is 6.08 Å². The van der Waals surface area contributed by atoms with Crippen LogP contribution in [0.1, 0.15) is 19.4 Å². The number of halogens is 1. The molecule has 1 aromatic carbocycles. The van der Waals surface area contributed by atoms with Gasteiger partial charge in [-0.05, 0) is 53.5 Å². The lowest BCUT2D eigenvalue weighted by molar-refractivity contribution is -0.140. The predicted molar refractivity (Wildman–Crippen MR) is 97.4 cm³/mol. The van der Waals surface area contributed by atoms with Gasteiger partial charge in [-0.2, -0.15) is 0 Å². The number of benzene rings is 1. The molecule has 1 aromatic rings. The zero-order valence-electron chi connectivity index (χ0n) is 12.4. The Labute approximate surface area is 151 Å². The fourth-order valence-corrected chi connectivity index (χ4v) is 3.62. The molecule has 5 nitrogen and oxygen atoms in total. The summed E-state index contributed by atoms with van der Waals surface area (Å²) in [6.45, 7) is 3.45. The first kappa shape index (κ1) is 18.0.